The third-order valence-corrected chi connectivity index (χ3v) is 8.12. The maximum atomic E-state index is 5.30. The first kappa shape index (κ1) is 23.7. The number of aromatic nitrogens is 5. The van der Waals surface area contributed by atoms with Gasteiger partial charge in [-0.1, -0.05) is 103 Å². The number of benzene rings is 5. The van der Waals surface area contributed by atoms with E-state index in [1.807, 2.05) is 48.5 Å². The standard InChI is InChI=1S/C37H21N5O/c1-3-8-22(9-4-1)29-19-16-24-14-15-25-17-20-30(39-35(25)34(24)38-29)26-12-7-13-27-32-28(18-21-31-37(32)42-43-41-31)33(40-36(26)27)23-10-5-2-6-11-23/h1-21H. The average molecular weight is 552 g/mol. The zero-order valence-corrected chi connectivity index (χ0v) is 22.8. The van der Waals surface area contributed by atoms with Gasteiger partial charge in [0.2, 0.25) is 0 Å². The molecule has 0 atom stereocenters. The molecular formula is C37H21N5O. The minimum Gasteiger partial charge on any atom is -0.246 e. The molecule has 0 aliphatic rings. The molecule has 4 aromatic heterocycles. The lowest BCUT2D eigenvalue weighted by atomic mass is 9.96. The Morgan fingerprint density at radius 3 is 1.86 bits per heavy atom. The summed E-state index contributed by atoms with van der Waals surface area (Å²) in [7, 11) is 0. The van der Waals surface area contributed by atoms with Crippen LogP contribution >= 0.6 is 0 Å². The largest absolute Gasteiger partial charge is 0.246 e. The Morgan fingerprint density at radius 1 is 0.419 bits per heavy atom. The van der Waals surface area contributed by atoms with Crippen molar-refractivity contribution in [3.05, 3.63) is 127 Å². The molecule has 43 heavy (non-hydrogen) atoms. The minimum absolute atomic E-state index is 0.708. The average Bonchev–Trinajstić information content (AvgIpc) is 3.57. The summed E-state index contributed by atoms with van der Waals surface area (Å²) in [5.41, 5.74) is 9.65. The van der Waals surface area contributed by atoms with Gasteiger partial charge in [-0.05, 0) is 34.6 Å². The lowest BCUT2D eigenvalue weighted by Crippen LogP contribution is -1.95. The van der Waals surface area contributed by atoms with Crippen LogP contribution in [0.1, 0.15) is 0 Å². The molecule has 0 unspecified atom stereocenters. The molecule has 0 aliphatic carbocycles. The monoisotopic (exact) mass is 551 g/mol. The van der Waals surface area contributed by atoms with E-state index in [1.54, 1.807) is 0 Å². The van der Waals surface area contributed by atoms with Crippen LogP contribution in [0.25, 0.3) is 88.3 Å². The first-order chi connectivity index (χ1) is 21.3. The predicted molar refractivity (Wildman–Crippen MR) is 172 cm³/mol. The summed E-state index contributed by atoms with van der Waals surface area (Å²) in [6, 6.07) is 43.3. The molecule has 5 aromatic carbocycles. The lowest BCUT2D eigenvalue weighted by molar-refractivity contribution is 0.316. The molecule has 0 radical (unpaired) electrons. The third kappa shape index (κ3) is 3.70. The summed E-state index contributed by atoms with van der Waals surface area (Å²) in [4.78, 5) is 15.6. The van der Waals surface area contributed by atoms with E-state index in [9.17, 15) is 0 Å². The summed E-state index contributed by atoms with van der Waals surface area (Å²) in [5, 5.41) is 13.4. The van der Waals surface area contributed by atoms with E-state index in [0.717, 1.165) is 77.3 Å². The predicted octanol–water partition coefficient (Wildman–Crippen LogP) is 9.02. The summed E-state index contributed by atoms with van der Waals surface area (Å²) >= 11 is 0. The summed E-state index contributed by atoms with van der Waals surface area (Å²) < 4.78 is 5.17. The second-order valence-electron chi connectivity index (χ2n) is 10.6. The molecule has 0 bridgehead atoms. The number of fused-ring (bicyclic) bond motifs is 8. The fraction of sp³-hybridized carbons (Fsp3) is 0. The second-order valence-corrected chi connectivity index (χ2v) is 10.6. The van der Waals surface area contributed by atoms with Crippen molar-refractivity contribution in [1.29, 1.82) is 0 Å². The number of hydrogen-bond donors (Lipinski definition) is 0. The van der Waals surface area contributed by atoms with Crippen LogP contribution in [0.15, 0.2) is 132 Å². The van der Waals surface area contributed by atoms with Crippen molar-refractivity contribution >= 4 is 54.5 Å². The van der Waals surface area contributed by atoms with Crippen molar-refractivity contribution in [2.24, 2.45) is 0 Å². The Hall–Kier alpha value is -6.01. The molecular weight excluding hydrogens is 530 g/mol. The molecule has 6 nitrogen and oxygen atoms in total. The van der Waals surface area contributed by atoms with Crippen molar-refractivity contribution in [2.75, 3.05) is 0 Å². The number of para-hydroxylation sites is 1. The quantitative estimate of drug-likeness (QED) is 0.204. The van der Waals surface area contributed by atoms with Crippen LogP contribution in [0.2, 0.25) is 0 Å². The summed E-state index contributed by atoms with van der Waals surface area (Å²) in [6.07, 6.45) is 0. The smallest absolute Gasteiger partial charge is 0.143 e. The Bertz CT molecular complexity index is 2510. The van der Waals surface area contributed by atoms with Gasteiger partial charge in [-0.2, -0.15) is 0 Å². The Morgan fingerprint density at radius 2 is 1.09 bits per heavy atom. The van der Waals surface area contributed by atoms with E-state index < -0.39 is 0 Å². The highest BCUT2D eigenvalue weighted by atomic mass is 16.6. The molecule has 0 fully saturated rings. The van der Waals surface area contributed by atoms with Gasteiger partial charge in [0.05, 0.1) is 33.6 Å². The van der Waals surface area contributed by atoms with Gasteiger partial charge in [-0.25, -0.2) is 19.6 Å². The van der Waals surface area contributed by atoms with Crippen LogP contribution in [0.4, 0.5) is 0 Å². The van der Waals surface area contributed by atoms with Gasteiger partial charge in [-0.15, -0.1) is 0 Å². The molecule has 200 valence electrons. The Labute approximate surface area is 245 Å². The number of nitrogens with zero attached hydrogens (tertiary/aromatic N) is 5. The van der Waals surface area contributed by atoms with E-state index in [4.69, 9.17) is 19.6 Å². The first-order valence-corrected chi connectivity index (χ1v) is 14.1. The van der Waals surface area contributed by atoms with Gasteiger partial charge in [0.15, 0.2) is 0 Å². The number of rotatable bonds is 3. The van der Waals surface area contributed by atoms with Crippen LogP contribution in [0.5, 0.6) is 0 Å². The zero-order valence-electron chi connectivity index (χ0n) is 22.8. The van der Waals surface area contributed by atoms with Gasteiger partial charge in [0, 0.05) is 43.6 Å². The molecule has 0 aliphatic heterocycles. The lowest BCUT2D eigenvalue weighted by Gasteiger charge is -2.13. The van der Waals surface area contributed by atoms with Crippen molar-refractivity contribution in [1.82, 2.24) is 25.3 Å². The third-order valence-electron chi connectivity index (χ3n) is 8.12. The second kappa shape index (κ2) is 9.26. The maximum absolute atomic E-state index is 5.30. The molecule has 0 saturated carbocycles. The normalized spacial score (nSPS) is 11.7. The van der Waals surface area contributed by atoms with E-state index in [-0.39, 0.29) is 0 Å². The zero-order chi connectivity index (χ0) is 28.3. The van der Waals surface area contributed by atoms with E-state index in [2.05, 4.69) is 89.2 Å². The van der Waals surface area contributed by atoms with Crippen LogP contribution in [-0.2, 0) is 0 Å². The van der Waals surface area contributed by atoms with Gasteiger partial charge < -0.3 is 0 Å². The van der Waals surface area contributed by atoms with E-state index in [0.29, 0.717) is 11.0 Å². The maximum Gasteiger partial charge on any atom is 0.143 e. The van der Waals surface area contributed by atoms with Crippen molar-refractivity contribution in [3.8, 4) is 33.8 Å². The van der Waals surface area contributed by atoms with Crippen LogP contribution in [0, 0.1) is 0 Å². The summed E-state index contributed by atoms with van der Waals surface area (Å²) in [5.74, 6) is 0. The van der Waals surface area contributed by atoms with E-state index in [1.165, 1.54) is 0 Å². The molecule has 0 saturated heterocycles. The van der Waals surface area contributed by atoms with Gasteiger partial charge in [0.25, 0.3) is 0 Å². The van der Waals surface area contributed by atoms with Crippen LogP contribution < -0.4 is 0 Å². The van der Waals surface area contributed by atoms with Crippen molar-refractivity contribution in [3.63, 3.8) is 0 Å². The highest BCUT2D eigenvalue weighted by Crippen LogP contribution is 2.39. The van der Waals surface area contributed by atoms with Gasteiger partial charge >= 0.3 is 0 Å². The molecule has 0 amide bonds. The van der Waals surface area contributed by atoms with Crippen LogP contribution in [0.3, 0.4) is 0 Å². The number of hydrogen-bond acceptors (Lipinski definition) is 6. The molecule has 9 aromatic rings. The SMILES string of the molecule is c1ccc(-c2ccc3ccc4ccc(-c5cccc6c5nc(-c5ccccc5)c5ccc7nonc7c56)nc4c3n2)cc1. The molecule has 6 heteroatoms. The topological polar surface area (TPSA) is 77.6 Å². The molecule has 4 heterocycles. The fourth-order valence-electron chi connectivity index (χ4n) is 6.07. The molecule has 0 spiro atoms. The van der Waals surface area contributed by atoms with Gasteiger partial charge in [0.1, 0.15) is 11.0 Å². The van der Waals surface area contributed by atoms with E-state index >= 15 is 0 Å². The highest BCUT2D eigenvalue weighted by Gasteiger charge is 2.19. The highest BCUT2D eigenvalue weighted by molar-refractivity contribution is 6.22. The van der Waals surface area contributed by atoms with Gasteiger partial charge in [-0.3, -0.25) is 0 Å². The number of pyridine rings is 3. The fourth-order valence-corrected chi connectivity index (χ4v) is 6.07. The van der Waals surface area contributed by atoms with Crippen molar-refractivity contribution < 1.29 is 4.63 Å². The molecule has 0 N–H and O–H groups in total. The Kier molecular flexibility index (Phi) is 5.10. The Balaban J connectivity index is 1.34. The first-order valence-electron chi connectivity index (χ1n) is 14.1. The van der Waals surface area contributed by atoms with Crippen LogP contribution in [-0.4, -0.2) is 25.3 Å². The van der Waals surface area contributed by atoms with Crippen molar-refractivity contribution in [2.45, 2.75) is 0 Å². The summed E-state index contributed by atoms with van der Waals surface area (Å²) in [6.45, 7) is 0. The molecule has 9 rings (SSSR count). The minimum atomic E-state index is 0.708.